The van der Waals surface area contributed by atoms with Crippen molar-refractivity contribution in [2.24, 2.45) is 5.41 Å². The fraction of sp³-hybridized carbons (Fsp3) is 0.643. The molecule has 0 aliphatic rings. The van der Waals surface area contributed by atoms with Gasteiger partial charge in [0.25, 0.3) is 0 Å². The Morgan fingerprint density at radius 2 is 2.15 bits per heavy atom. The van der Waals surface area contributed by atoms with Crippen LogP contribution >= 0.6 is 0 Å². The molecule has 6 nitrogen and oxygen atoms in total. The molecule has 2 rings (SSSR count). The Hall–Kier alpha value is -1.69. The number of nitrogens with zero attached hydrogens (tertiary/aromatic N) is 4. The maximum Gasteiger partial charge on any atom is 0.350 e. The fourth-order valence-electron chi connectivity index (χ4n) is 2.14. The predicted molar refractivity (Wildman–Crippen MR) is 78.8 cm³/mol. The molecule has 1 N–H and O–H groups in total. The van der Waals surface area contributed by atoms with E-state index in [0.29, 0.717) is 12.2 Å². The van der Waals surface area contributed by atoms with Gasteiger partial charge in [-0.3, -0.25) is 4.98 Å². The van der Waals surface area contributed by atoms with Crippen LogP contribution in [0.25, 0.3) is 5.65 Å². The van der Waals surface area contributed by atoms with Crippen molar-refractivity contribution in [3.63, 3.8) is 0 Å². The van der Waals surface area contributed by atoms with Gasteiger partial charge in [0, 0.05) is 18.4 Å². The van der Waals surface area contributed by atoms with Crippen LogP contribution in [0.15, 0.2) is 23.4 Å². The molecule has 0 fully saturated rings. The van der Waals surface area contributed by atoms with E-state index in [1.165, 1.54) is 9.08 Å². The largest absolute Gasteiger partial charge is 0.350 e. The third kappa shape index (κ3) is 3.07. The zero-order chi connectivity index (χ0) is 14.8. The molecule has 0 aliphatic heterocycles. The normalized spacial score (nSPS) is 13.8. The van der Waals surface area contributed by atoms with Gasteiger partial charge < -0.3 is 5.32 Å². The van der Waals surface area contributed by atoms with Crippen LogP contribution in [-0.4, -0.2) is 31.8 Å². The van der Waals surface area contributed by atoms with E-state index in [-0.39, 0.29) is 17.1 Å². The molecule has 2 aromatic rings. The monoisotopic (exact) mass is 277 g/mol. The number of nitrogens with one attached hydrogen (secondary N) is 1. The van der Waals surface area contributed by atoms with Crippen molar-refractivity contribution in [1.82, 2.24) is 24.5 Å². The molecule has 110 valence electrons. The van der Waals surface area contributed by atoms with Crippen LogP contribution in [0.5, 0.6) is 0 Å². The van der Waals surface area contributed by atoms with Gasteiger partial charge in [0.05, 0.1) is 12.7 Å². The minimum atomic E-state index is -0.116. The van der Waals surface area contributed by atoms with E-state index in [9.17, 15) is 4.79 Å². The zero-order valence-electron chi connectivity index (χ0n) is 12.6. The highest BCUT2D eigenvalue weighted by molar-refractivity contribution is 5.31. The van der Waals surface area contributed by atoms with E-state index in [1.54, 1.807) is 18.6 Å². The molecule has 1 atom stereocenters. The summed E-state index contributed by atoms with van der Waals surface area (Å²) in [6.45, 7) is 10.1. The van der Waals surface area contributed by atoms with Crippen LogP contribution < -0.4 is 11.0 Å². The molecule has 0 spiro atoms. The molecule has 6 heteroatoms. The standard InChI is InChI=1S/C14H23N5O/c1-5-6-16-11(14(2,3)4)10-19-13(20)18-8-7-15-9-12(18)17-19/h7-9,11,16H,5-6,10H2,1-4H3. The van der Waals surface area contributed by atoms with Gasteiger partial charge in [0.15, 0.2) is 5.65 Å². The highest BCUT2D eigenvalue weighted by atomic mass is 16.2. The third-order valence-corrected chi connectivity index (χ3v) is 3.43. The Labute approximate surface area is 118 Å². The second kappa shape index (κ2) is 5.75. The smallest absolute Gasteiger partial charge is 0.312 e. The van der Waals surface area contributed by atoms with Crippen molar-refractivity contribution in [2.45, 2.75) is 46.7 Å². The van der Waals surface area contributed by atoms with Gasteiger partial charge in [0.2, 0.25) is 0 Å². The lowest BCUT2D eigenvalue weighted by atomic mass is 9.86. The molecule has 20 heavy (non-hydrogen) atoms. The van der Waals surface area contributed by atoms with Gasteiger partial charge in [-0.15, -0.1) is 5.10 Å². The molecule has 0 aromatic carbocycles. The molecule has 0 amide bonds. The summed E-state index contributed by atoms with van der Waals surface area (Å²) in [4.78, 5) is 16.3. The van der Waals surface area contributed by atoms with E-state index in [4.69, 9.17) is 0 Å². The van der Waals surface area contributed by atoms with E-state index >= 15 is 0 Å². The van der Waals surface area contributed by atoms with Gasteiger partial charge >= 0.3 is 5.69 Å². The van der Waals surface area contributed by atoms with E-state index in [1.807, 2.05) is 0 Å². The van der Waals surface area contributed by atoms with Gasteiger partial charge in [0.1, 0.15) is 0 Å². The van der Waals surface area contributed by atoms with Crippen LogP contribution in [0, 0.1) is 5.41 Å². The third-order valence-electron chi connectivity index (χ3n) is 3.43. The number of aromatic nitrogens is 4. The summed E-state index contributed by atoms with van der Waals surface area (Å²) in [5.74, 6) is 0. The number of rotatable bonds is 5. The average molecular weight is 277 g/mol. The molecule has 0 saturated carbocycles. The van der Waals surface area contributed by atoms with E-state index in [2.05, 4.69) is 43.1 Å². The van der Waals surface area contributed by atoms with Crippen molar-refractivity contribution in [1.29, 1.82) is 0 Å². The highest BCUT2D eigenvalue weighted by Crippen LogP contribution is 2.20. The van der Waals surface area contributed by atoms with Gasteiger partial charge in [-0.1, -0.05) is 27.7 Å². The maximum absolute atomic E-state index is 12.3. The first-order valence-corrected chi connectivity index (χ1v) is 7.06. The first-order chi connectivity index (χ1) is 9.43. The first kappa shape index (κ1) is 14.7. The molecular weight excluding hydrogens is 254 g/mol. The van der Waals surface area contributed by atoms with Crippen LogP contribution in [0.4, 0.5) is 0 Å². The Balaban J connectivity index is 2.28. The van der Waals surface area contributed by atoms with E-state index in [0.717, 1.165) is 13.0 Å². The lowest BCUT2D eigenvalue weighted by Gasteiger charge is -2.31. The van der Waals surface area contributed by atoms with Gasteiger partial charge in [-0.05, 0) is 18.4 Å². The summed E-state index contributed by atoms with van der Waals surface area (Å²) in [6.07, 6.45) is 5.91. The summed E-state index contributed by atoms with van der Waals surface area (Å²) in [6, 6.07) is 0.193. The molecular formula is C14H23N5O. The van der Waals surface area contributed by atoms with Crippen LogP contribution in [0.1, 0.15) is 34.1 Å². The minimum absolute atomic E-state index is 0.0582. The molecule has 1 unspecified atom stereocenters. The minimum Gasteiger partial charge on any atom is -0.312 e. The Bertz CT molecular complexity index is 622. The average Bonchev–Trinajstić information content (AvgIpc) is 2.70. The number of hydrogen-bond donors (Lipinski definition) is 1. The molecule has 0 radical (unpaired) electrons. The second-order valence-electron chi connectivity index (χ2n) is 6.14. The van der Waals surface area contributed by atoms with Crippen molar-refractivity contribution < 1.29 is 0 Å². The zero-order valence-corrected chi connectivity index (χ0v) is 12.6. The topological polar surface area (TPSA) is 64.2 Å². The van der Waals surface area contributed by atoms with Crippen molar-refractivity contribution in [3.05, 3.63) is 29.1 Å². The lowest BCUT2D eigenvalue weighted by Crippen LogP contribution is -2.45. The van der Waals surface area contributed by atoms with Gasteiger partial charge in [-0.2, -0.15) is 0 Å². The molecule has 0 bridgehead atoms. The Morgan fingerprint density at radius 3 is 2.75 bits per heavy atom. The molecule has 2 heterocycles. The SMILES string of the molecule is CCCNC(Cn1nc2cnccn2c1=O)C(C)(C)C. The first-order valence-electron chi connectivity index (χ1n) is 7.06. The molecule has 0 saturated heterocycles. The summed E-state index contributed by atoms with van der Waals surface area (Å²) in [7, 11) is 0. The van der Waals surface area contributed by atoms with Crippen LogP contribution in [-0.2, 0) is 6.54 Å². The van der Waals surface area contributed by atoms with Crippen molar-refractivity contribution >= 4 is 5.65 Å². The number of fused-ring (bicyclic) bond motifs is 1. The fourth-order valence-corrected chi connectivity index (χ4v) is 2.14. The number of hydrogen-bond acceptors (Lipinski definition) is 4. The quantitative estimate of drug-likeness (QED) is 0.895. The van der Waals surface area contributed by atoms with Crippen molar-refractivity contribution in [3.8, 4) is 0 Å². The summed E-state index contributed by atoms with van der Waals surface area (Å²) in [5, 5.41) is 7.84. The molecule has 2 aromatic heterocycles. The predicted octanol–water partition coefficient (Wildman–Crippen LogP) is 1.31. The maximum atomic E-state index is 12.3. The van der Waals surface area contributed by atoms with Gasteiger partial charge in [-0.25, -0.2) is 13.9 Å². The second-order valence-corrected chi connectivity index (χ2v) is 6.14. The lowest BCUT2D eigenvalue weighted by molar-refractivity contribution is 0.234. The summed E-state index contributed by atoms with van der Waals surface area (Å²) >= 11 is 0. The van der Waals surface area contributed by atoms with Crippen LogP contribution in [0.3, 0.4) is 0 Å². The van der Waals surface area contributed by atoms with Crippen molar-refractivity contribution in [2.75, 3.05) is 6.54 Å². The van der Waals surface area contributed by atoms with Crippen LogP contribution in [0.2, 0.25) is 0 Å². The molecule has 0 aliphatic carbocycles. The summed E-state index contributed by atoms with van der Waals surface area (Å²) < 4.78 is 3.04. The Kier molecular flexibility index (Phi) is 4.23. The summed E-state index contributed by atoms with van der Waals surface area (Å²) in [5.41, 5.74) is 0.526. The Morgan fingerprint density at radius 1 is 1.40 bits per heavy atom. The highest BCUT2D eigenvalue weighted by Gasteiger charge is 2.25. The van der Waals surface area contributed by atoms with E-state index < -0.39 is 0 Å².